The molecule has 3 aromatic rings. The second kappa shape index (κ2) is 11.8. The average Bonchev–Trinajstić information content (AvgIpc) is 3.18. The molecular formula is C20H25F2N5O3. The van der Waals surface area contributed by atoms with Gasteiger partial charge in [0, 0.05) is 12.7 Å². The highest BCUT2D eigenvalue weighted by atomic mass is 19.3. The summed E-state index contributed by atoms with van der Waals surface area (Å²) < 4.78 is 41.7. The Kier molecular flexibility index (Phi) is 9.07. The van der Waals surface area contributed by atoms with Crippen molar-refractivity contribution in [1.82, 2.24) is 24.7 Å². The van der Waals surface area contributed by atoms with Gasteiger partial charge in [-0.2, -0.15) is 13.9 Å². The van der Waals surface area contributed by atoms with Crippen LogP contribution in [0.5, 0.6) is 11.6 Å². The van der Waals surface area contributed by atoms with Gasteiger partial charge in [0.2, 0.25) is 5.88 Å². The number of alkyl halides is 2. The number of hydrogen-bond acceptors (Lipinski definition) is 7. The van der Waals surface area contributed by atoms with Crippen LogP contribution in [-0.2, 0) is 17.9 Å². The Morgan fingerprint density at radius 1 is 1.17 bits per heavy atom. The molecule has 0 unspecified atom stereocenters. The summed E-state index contributed by atoms with van der Waals surface area (Å²) in [4.78, 5) is 13.0. The Labute approximate surface area is 173 Å². The van der Waals surface area contributed by atoms with Crippen LogP contribution < -0.4 is 9.47 Å². The second-order valence-electron chi connectivity index (χ2n) is 5.65. The molecule has 0 bridgehead atoms. The first-order chi connectivity index (χ1) is 14.6. The molecule has 0 atom stereocenters. The second-order valence-corrected chi connectivity index (χ2v) is 5.65. The molecular weight excluding hydrogens is 396 g/mol. The van der Waals surface area contributed by atoms with Gasteiger partial charge in [0.05, 0.1) is 25.0 Å². The van der Waals surface area contributed by atoms with E-state index in [1.807, 2.05) is 20.8 Å². The maximum Gasteiger partial charge on any atom is 0.387 e. The van der Waals surface area contributed by atoms with Crippen molar-refractivity contribution >= 4 is 0 Å². The number of nitrogens with zero attached hydrogens (tertiary/aromatic N) is 5. The number of aromatic nitrogens is 5. The summed E-state index contributed by atoms with van der Waals surface area (Å²) in [5.74, 6) is 0.889. The number of halogens is 2. The number of benzene rings is 1. The molecule has 0 aliphatic rings. The zero-order valence-electron chi connectivity index (χ0n) is 17.4. The molecule has 2 aromatic heterocycles. The van der Waals surface area contributed by atoms with Crippen molar-refractivity contribution < 1.29 is 23.0 Å². The third-order valence-electron chi connectivity index (χ3n) is 3.58. The van der Waals surface area contributed by atoms with E-state index in [-0.39, 0.29) is 5.75 Å². The molecule has 2 heterocycles. The van der Waals surface area contributed by atoms with Gasteiger partial charge in [0.25, 0.3) is 0 Å². The predicted molar refractivity (Wildman–Crippen MR) is 106 cm³/mol. The quantitative estimate of drug-likeness (QED) is 0.517. The van der Waals surface area contributed by atoms with Crippen molar-refractivity contribution in [3.8, 4) is 22.9 Å². The predicted octanol–water partition coefficient (Wildman–Crippen LogP) is 3.96. The molecule has 0 amide bonds. The summed E-state index contributed by atoms with van der Waals surface area (Å²) in [5.41, 5.74) is 1.58. The molecule has 1 aromatic carbocycles. The van der Waals surface area contributed by atoms with Crippen molar-refractivity contribution in [2.75, 3.05) is 13.7 Å². The molecule has 3 rings (SSSR count). The van der Waals surface area contributed by atoms with Crippen LogP contribution in [0.25, 0.3) is 11.3 Å². The van der Waals surface area contributed by atoms with Gasteiger partial charge in [-0.25, -0.2) is 19.6 Å². The van der Waals surface area contributed by atoms with Gasteiger partial charge < -0.3 is 14.2 Å². The van der Waals surface area contributed by atoms with Crippen LogP contribution in [0.4, 0.5) is 8.78 Å². The summed E-state index contributed by atoms with van der Waals surface area (Å²) in [7, 11) is 1.57. The summed E-state index contributed by atoms with van der Waals surface area (Å²) in [6.07, 6.45) is 3.15. The largest absolute Gasteiger partial charge is 0.476 e. The van der Waals surface area contributed by atoms with Crippen molar-refractivity contribution in [3.63, 3.8) is 0 Å². The molecule has 10 heteroatoms. The Hall–Kier alpha value is -3.14. The minimum atomic E-state index is -2.91. The van der Waals surface area contributed by atoms with Gasteiger partial charge in [-0.05, 0) is 19.1 Å². The summed E-state index contributed by atoms with van der Waals surface area (Å²) in [6, 6.07) is 6.24. The smallest absolute Gasteiger partial charge is 0.387 e. The van der Waals surface area contributed by atoms with E-state index < -0.39 is 6.61 Å². The fraction of sp³-hybridized carbons (Fsp3) is 0.400. The Morgan fingerprint density at radius 2 is 1.97 bits per heavy atom. The molecule has 162 valence electrons. The number of rotatable bonds is 9. The summed E-state index contributed by atoms with van der Waals surface area (Å²) in [5, 5.41) is 4.28. The molecule has 0 aliphatic heterocycles. The molecule has 8 nitrogen and oxygen atoms in total. The zero-order chi connectivity index (χ0) is 21.9. The van der Waals surface area contributed by atoms with Gasteiger partial charge in [-0.3, -0.25) is 0 Å². The monoisotopic (exact) mass is 421 g/mol. The van der Waals surface area contributed by atoms with Crippen molar-refractivity contribution in [2.45, 2.75) is 40.5 Å². The molecule has 0 saturated carbocycles. The van der Waals surface area contributed by atoms with E-state index >= 15 is 0 Å². The fourth-order valence-corrected chi connectivity index (χ4v) is 2.51. The van der Waals surface area contributed by atoms with Crippen LogP contribution in [0.1, 0.15) is 32.3 Å². The maximum atomic E-state index is 12.5. The Balaban J connectivity index is 0.00000155. The van der Waals surface area contributed by atoms with Crippen LogP contribution >= 0.6 is 0 Å². The molecule has 0 radical (unpaired) electrons. The average molecular weight is 421 g/mol. The van der Waals surface area contributed by atoms with Crippen molar-refractivity contribution in [3.05, 3.63) is 48.3 Å². The topological polar surface area (TPSA) is 84.2 Å². The van der Waals surface area contributed by atoms with E-state index in [4.69, 9.17) is 9.47 Å². The minimum absolute atomic E-state index is 0.0302. The molecule has 0 saturated heterocycles. The molecule has 30 heavy (non-hydrogen) atoms. The number of ether oxygens (including phenoxy) is 3. The minimum Gasteiger partial charge on any atom is -0.476 e. The van der Waals surface area contributed by atoms with E-state index in [0.29, 0.717) is 48.4 Å². The fourth-order valence-electron chi connectivity index (χ4n) is 2.51. The molecule has 0 fully saturated rings. The third kappa shape index (κ3) is 6.45. The van der Waals surface area contributed by atoms with Crippen molar-refractivity contribution in [2.24, 2.45) is 0 Å². The SMILES string of the molecule is CC.CCOc1ncc(Cn2cnc(COC)n2)nc1-c1cccc(OC(F)F)c1. The Bertz CT molecular complexity index is 921. The van der Waals surface area contributed by atoms with E-state index in [1.165, 1.54) is 12.1 Å². The first-order valence-corrected chi connectivity index (χ1v) is 9.50. The van der Waals surface area contributed by atoms with Gasteiger partial charge in [0.1, 0.15) is 24.4 Å². The van der Waals surface area contributed by atoms with Crippen LogP contribution in [0.15, 0.2) is 36.8 Å². The van der Waals surface area contributed by atoms with E-state index in [1.54, 1.807) is 36.4 Å². The van der Waals surface area contributed by atoms with Gasteiger partial charge in [-0.15, -0.1) is 0 Å². The van der Waals surface area contributed by atoms with Gasteiger partial charge in [-0.1, -0.05) is 26.0 Å². The number of hydrogen-bond donors (Lipinski definition) is 0. The van der Waals surface area contributed by atoms with E-state index in [2.05, 4.69) is 24.8 Å². The van der Waals surface area contributed by atoms with E-state index in [0.717, 1.165) is 0 Å². The standard InChI is InChI=1S/C18H19F2N5O3.C2H6/c1-3-27-17-16(12-5-4-6-14(7-12)28-18(19)20)23-13(8-21-17)9-25-11-22-15(24-25)10-26-2;1-2/h4-8,11,18H,3,9-10H2,1-2H3;1-2H3. The highest BCUT2D eigenvalue weighted by molar-refractivity contribution is 5.66. The third-order valence-corrected chi connectivity index (χ3v) is 3.58. The molecule has 0 aliphatic carbocycles. The van der Waals surface area contributed by atoms with Crippen LogP contribution in [0.3, 0.4) is 0 Å². The van der Waals surface area contributed by atoms with Gasteiger partial charge >= 0.3 is 6.61 Å². The van der Waals surface area contributed by atoms with Gasteiger partial charge in [0.15, 0.2) is 5.82 Å². The zero-order valence-corrected chi connectivity index (χ0v) is 17.4. The lowest BCUT2D eigenvalue weighted by molar-refractivity contribution is -0.0498. The molecule has 0 spiro atoms. The lowest BCUT2D eigenvalue weighted by atomic mass is 10.1. The first kappa shape index (κ1) is 23.1. The highest BCUT2D eigenvalue weighted by Crippen LogP contribution is 2.29. The lowest BCUT2D eigenvalue weighted by Gasteiger charge is -2.11. The highest BCUT2D eigenvalue weighted by Gasteiger charge is 2.14. The summed E-state index contributed by atoms with van der Waals surface area (Å²) >= 11 is 0. The van der Waals surface area contributed by atoms with Crippen LogP contribution in [-0.4, -0.2) is 45.1 Å². The van der Waals surface area contributed by atoms with Crippen LogP contribution in [0.2, 0.25) is 0 Å². The Morgan fingerprint density at radius 3 is 2.67 bits per heavy atom. The summed E-state index contributed by atoms with van der Waals surface area (Å²) in [6.45, 7) is 3.94. The van der Waals surface area contributed by atoms with E-state index in [9.17, 15) is 8.78 Å². The van der Waals surface area contributed by atoms with Crippen molar-refractivity contribution in [1.29, 1.82) is 0 Å². The normalized spacial score (nSPS) is 10.5. The molecule has 0 N–H and O–H groups in total. The maximum absolute atomic E-state index is 12.5. The number of methoxy groups -OCH3 is 1. The van der Waals surface area contributed by atoms with Crippen LogP contribution in [0, 0.1) is 0 Å². The lowest BCUT2D eigenvalue weighted by Crippen LogP contribution is -2.07. The first-order valence-electron chi connectivity index (χ1n) is 9.50.